The summed E-state index contributed by atoms with van der Waals surface area (Å²) >= 11 is 0. The van der Waals surface area contributed by atoms with Gasteiger partial charge >= 0.3 is 0 Å². The molecule has 0 fully saturated rings. The highest BCUT2D eigenvalue weighted by Gasteiger charge is 2.21. The fraction of sp³-hybridized carbons (Fsp3) is 1.00. The molecule has 2 heteroatoms. The Bertz CT molecular complexity index is 87.6. The van der Waals surface area contributed by atoms with Crippen LogP contribution >= 0.6 is 0 Å². The molecule has 11 heavy (non-hydrogen) atoms. The molecule has 0 spiro atoms. The van der Waals surface area contributed by atoms with Crippen LogP contribution in [0.5, 0.6) is 0 Å². The highest BCUT2D eigenvalue weighted by atomic mass is 16.6. The lowest BCUT2D eigenvalue weighted by atomic mass is 10.1. The van der Waals surface area contributed by atoms with E-state index >= 15 is 0 Å². The molecule has 1 N–H and O–H groups in total. The van der Waals surface area contributed by atoms with E-state index in [1.165, 1.54) is 0 Å². The van der Waals surface area contributed by atoms with E-state index < -0.39 is 5.79 Å². The molecule has 0 saturated heterocycles. The first-order valence-corrected chi connectivity index (χ1v) is 4.54. The molecule has 0 unspecified atom stereocenters. The molecular formula is C9H20O2. The van der Waals surface area contributed by atoms with Crippen molar-refractivity contribution in [2.24, 2.45) is 0 Å². The summed E-state index contributed by atoms with van der Waals surface area (Å²) < 4.78 is 5.32. The lowest BCUT2D eigenvalue weighted by Crippen LogP contribution is -2.30. The first kappa shape index (κ1) is 10.9. The molecule has 0 atom stereocenters. The van der Waals surface area contributed by atoms with Crippen molar-refractivity contribution in [1.29, 1.82) is 0 Å². The van der Waals surface area contributed by atoms with Crippen LogP contribution < -0.4 is 0 Å². The molecule has 0 saturated carbocycles. The molecule has 68 valence electrons. The predicted octanol–water partition coefficient (Wildman–Crippen LogP) is 2.31. The average molecular weight is 160 g/mol. The molecular weight excluding hydrogens is 140 g/mol. The van der Waals surface area contributed by atoms with Crippen molar-refractivity contribution in [3.05, 3.63) is 0 Å². The second-order valence-electron chi connectivity index (χ2n) is 2.86. The Kier molecular flexibility index (Phi) is 5.51. The van der Waals surface area contributed by atoms with Gasteiger partial charge in [0, 0.05) is 0 Å². The van der Waals surface area contributed by atoms with Gasteiger partial charge in [0.15, 0.2) is 5.79 Å². The average Bonchev–Trinajstić information content (AvgIpc) is 2.05. The topological polar surface area (TPSA) is 29.5 Å². The second kappa shape index (κ2) is 5.56. The van der Waals surface area contributed by atoms with E-state index in [1.807, 2.05) is 13.8 Å². The quantitative estimate of drug-likeness (QED) is 0.477. The lowest BCUT2D eigenvalue weighted by molar-refractivity contribution is -0.206. The number of hydrogen-bond acceptors (Lipinski definition) is 2. The van der Waals surface area contributed by atoms with Gasteiger partial charge in [-0.2, -0.15) is 0 Å². The number of unbranched alkanes of at least 4 members (excludes halogenated alkanes) is 1. The summed E-state index contributed by atoms with van der Waals surface area (Å²) in [6, 6.07) is 0. The minimum Gasteiger partial charge on any atom is -0.365 e. The molecule has 0 heterocycles. The highest BCUT2D eigenvalue weighted by Crippen LogP contribution is 2.16. The SMILES string of the molecule is CCCCOC(O)(CC)CC. The van der Waals surface area contributed by atoms with Gasteiger partial charge in [0.2, 0.25) is 0 Å². The highest BCUT2D eigenvalue weighted by molar-refractivity contribution is 4.61. The van der Waals surface area contributed by atoms with Crippen LogP contribution in [0.3, 0.4) is 0 Å². The van der Waals surface area contributed by atoms with Gasteiger partial charge in [-0.05, 0) is 19.3 Å². The number of aliphatic hydroxyl groups is 1. The molecule has 2 nitrogen and oxygen atoms in total. The van der Waals surface area contributed by atoms with Crippen molar-refractivity contribution in [3.63, 3.8) is 0 Å². The first-order chi connectivity index (χ1) is 5.18. The smallest absolute Gasteiger partial charge is 0.164 e. The molecule has 0 aliphatic rings. The normalized spacial score (nSPS) is 12.0. The van der Waals surface area contributed by atoms with Crippen LogP contribution in [0.2, 0.25) is 0 Å². The fourth-order valence-electron chi connectivity index (χ4n) is 0.861. The summed E-state index contributed by atoms with van der Waals surface area (Å²) in [5.41, 5.74) is 0. The summed E-state index contributed by atoms with van der Waals surface area (Å²) in [6.45, 7) is 6.67. The molecule has 0 amide bonds. The van der Waals surface area contributed by atoms with Crippen LogP contribution in [0, 0.1) is 0 Å². The van der Waals surface area contributed by atoms with Crippen molar-refractivity contribution in [1.82, 2.24) is 0 Å². The predicted molar refractivity (Wildman–Crippen MR) is 46.4 cm³/mol. The maximum atomic E-state index is 9.63. The second-order valence-corrected chi connectivity index (χ2v) is 2.86. The van der Waals surface area contributed by atoms with E-state index in [0.717, 1.165) is 12.8 Å². The van der Waals surface area contributed by atoms with Crippen LogP contribution in [0.15, 0.2) is 0 Å². The zero-order chi connectivity index (χ0) is 8.74. The zero-order valence-electron chi connectivity index (χ0n) is 7.89. The third-order valence-electron chi connectivity index (χ3n) is 1.97. The van der Waals surface area contributed by atoms with Gasteiger partial charge in [0.25, 0.3) is 0 Å². The van der Waals surface area contributed by atoms with Gasteiger partial charge in [0.05, 0.1) is 6.61 Å². The van der Waals surface area contributed by atoms with Gasteiger partial charge in [-0.25, -0.2) is 0 Å². The summed E-state index contributed by atoms with van der Waals surface area (Å²) in [7, 11) is 0. The molecule has 0 aliphatic heterocycles. The molecule has 0 aromatic rings. The number of hydrogen-bond donors (Lipinski definition) is 1. The van der Waals surface area contributed by atoms with Crippen molar-refractivity contribution < 1.29 is 9.84 Å². The van der Waals surface area contributed by atoms with E-state index in [-0.39, 0.29) is 0 Å². The monoisotopic (exact) mass is 160 g/mol. The van der Waals surface area contributed by atoms with Gasteiger partial charge in [-0.1, -0.05) is 27.2 Å². The van der Waals surface area contributed by atoms with Gasteiger partial charge in [-0.15, -0.1) is 0 Å². The maximum absolute atomic E-state index is 9.63. The van der Waals surface area contributed by atoms with E-state index in [4.69, 9.17) is 4.74 Å². The molecule has 0 aliphatic carbocycles. The molecule has 0 aromatic carbocycles. The third kappa shape index (κ3) is 4.38. The fourth-order valence-corrected chi connectivity index (χ4v) is 0.861. The Balaban J connectivity index is 3.51. The first-order valence-electron chi connectivity index (χ1n) is 4.54. The standard InChI is InChI=1S/C9H20O2/c1-4-7-8-11-9(10,5-2)6-3/h10H,4-8H2,1-3H3. The van der Waals surface area contributed by atoms with E-state index in [2.05, 4.69) is 6.92 Å². The maximum Gasteiger partial charge on any atom is 0.164 e. The largest absolute Gasteiger partial charge is 0.365 e. The van der Waals surface area contributed by atoms with Crippen molar-refractivity contribution in [2.75, 3.05) is 6.61 Å². The van der Waals surface area contributed by atoms with Gasteiger partial charge in [0.1, 0.15) is 0 Å². The number of rotatable bonds is 6. The summed E-state index contributed by atoms with van der Waals surface area (Å²) in [4.78, 5) is 0. The van der Waals surface area contributed by atoms with Crippen LogP contribution in [-0.4, -0.2) is 17.5 Å². The van der Waals surface area contributed by atoms with Crippen LogP contribution in [0.25, 0.3) is 0 Å². The Hall–Kier alpha value is -0.0800. The van der Waals surface area contributed by atoms with Crippen LogP contribution in [0.4, 0.5) is 0 Å². The van der Waals surface area contributed by atoms with Crippen molar-refractivity contribution >= 4 is 0 Å². The third-order valence-corrected chi connectivity index (χ3v) is 1.97. The molecule has 0 radical (unpaired) electrons. The summed E-state index contributed by atoms with van der Waals surface area (Å²) in [6.07, 6.45) is 3.49. The molecule has 0 bridgehead atoms. The Morgan fingerprint density at radius 3 is 2.09 bits per heavy atom. The summed E-state index contributed by atoms with van der Waals surface area (Å²) in [5.74, 6) is -0.866. The van der Waals surface area contributed by atoms with Crippen molar-refractivity contribution in [3.8, 4) is 0 Å². The number of ether oxygens (including phenoxy) is 1. The van der Waals surface area contributed by atoms with Crippen LogP contribution in [0.1, 0.15) is 46.5 Å². The lowest BCUT2D eigenvalue weighted by Gasteiger charge is -2.25. The minimum absolute atomic E-state index is 0.674. The van der Waals surface area contributed by atoms with E-state index in [9.17, 15) is 5.11 Å². The van der Waals surface area contributed by atoms with Crippen LogP contribution in [-0.2, 0) is 4.74 Å². The van der Waals surface area contributed by atoms with Crippen molar-refractivity contribution in [2.45, 2.75) is 52.2 Å². The zero-order valence-corrected chi connectivity index (χ0v) is 7.89. The van der Waals surface area contributed by atoms with E-state index in [0.29, 0.717) is 19.4 Å². The molecule has 0 rings (SSSR count). The Morgan fingerprint density at radius 2 is 1.73 bits per heavy atom. The Labute approximate surface area is 69.6 Å². The van der Waals surface area contributed by atoms with Gasteiger partial charge in [-0.3, -0.25) is 0 Å². The van der Waals surface area contributed by atoms with E-state index in [1.54, 1.807) is 0 Å². The summed E-state index contributed by atoms with van der Waals surface area (Å²) in [5, 5.41) is 9.63. The molecule has 0 aromatic heterocycles. The minimum atomic E-state index is -0.866. The van der Waals surface area contributed by atoms with Gasteiger partial charge < -0.3 is 9.84 Å². The Morgan fingerprint density at radius 1 is 1.18 bits per heavy atom.